The van der Waals surface area contributed by atoms with Crippen molar-refractivity contribution in [2.24, 2.45) is 0 Å². The zero-order chi connectivity index (χ0) is 23.3. The largest absolute Gasteiger partial charge is 0.463 e. The summed E-state index contributed by atoms with van der Waals surface area (Å²) >= 11 is 4.87. The minimum absolute atomic E-state index is 0.191. The van der Waals surface area contributed by atoms with Crippen molar-refractivity contribution in [2.75, 3.05) is 7.11 Å². The highest BCUT2D eigenvalue weighted by Crippen LogP contribution is 2.32. The van der Waals surface area contributed by atoms with Gasteiger partial charge in [0.05, 0.1) is 35.4 Å². The summed E-state index contributed by atoms with van der Waals surface area (Å²) in [5.74, 6) is 2.44. The standard InChI is InChI=1S/C24H20N4O3S3/c1-30-22(29)19-12-11-17(31-19)14-32-23-27-26-21(28(23)13-16-7-3-2-4-8-16)15-33-24-25-18-9-5-6-10-20(18)34-24/h2-12H,13-15H2,1H3. The van der Waals surface area contributed by atoms with Crippen molar-refractivity contribution in [3.63, 3.8) is 0 Å². The van der Waals surface area contributed by atoms with E-state index in [9.17, 15) is 4.79 Å². The van der Waals surface area contributed by atoms with Crippen molar-refractivity contribution in [3.05, 3.63) is 89.6 Å². The van der Waals surface area contributed by atoms with E-state index in [2.05, 4.69) is 33.0 Å². The number of thiazole rings is 1. The first-order valence-electron chi connectivity index (χ1n) is 10.4. The van der Waals surface area contributed by atoms with Crippen molar-refractivity contribution in [3.8, 4) is 0 Å². The quantitative estimate of drug-likeness (QED) is 0.180. The van der Waals surface area contributed by atoms with Crippen LogP contribution < -0.4 is 0 Å². The van der Waals surface area contributed by atoms with Gasteiger partial charge in [0.2, 0.25) is 5.76 Å². The van der Waals surface area contributed by atoms with Gasteiger partial charge in [-0.15, -0.1) is 21.5 Å². The van der Waals surface area contributed by atoms with Gasteiger partial charge in [-0.2, -0.15) is 0 Å². The van der Waals surface area contributed by atoms with Crippen LogP contribution in [0.4, 0.5) is 0 Å². The monoisotopic (exact) mass is 508 g/mol. The van der Waals surface area contributed by atoms with Gasteiger partial charge < -0.3 is 13.7 Å². The fraction of sp³-hybridized carbons (Fsp3) is 0.167. The number of hydrogen-bond donors (Lipinski definition) is 0. The average Bonchev–Trinajstić information content (AvgIpc) is 3.60. The molecule has 0 aliphatic rings. The predicted octanol–water partition coefficient (Wildman–Crippen LogP) is 5.90. The zero-order valence-electron chi connectivity index (χ0n) is 18.2. The van der Waals surface area contributed by atoms with Crippen LogP contribution in [0.5, 0.6) is 0 Å². The molecule has 3 heterocycles. The number of nitrogens with zero attached hydrogens (tertiary/aromatic N) is 4. The molecule has 0 amide bonds. The molecule has 0 saturated carbocycles. The fourth-order valence-corrected chi connectivity index (χ4v) is 6.16. The van der Waals surface area contributed by atoms with E-state index in [1.807, 2.05) is 36.4 Å². The number of carbonyl (C=O) groups excluding carboxylic acids is 1. The molecule has 172 valence electrons. The number of esters is 1. The molecule has 10 heteroatoms. The normalized spacial score (nSPS) is 11.2. The van der Waals surface area contributed by atoms with Crippen LogP contribution in [-0.2, 0) is 22.8 Å². The van der Waals surface area contributed by atoms with Crippen LogP contribution in [0.2, 0.25) is 0 Å². The summed E-state index contributed by atoms with van der Waals surface area (Å²) in [5.41, 5.74) is 2.18. The number of fused-ring (bicyclic) bond motifs is 1. The summed E-state index contributed by atoms with van der Waals surface area (Å²) < 4.78 is 14.6. The average molecular weight is 509 g/mol. The van der Waals surface area contributed by atoms with E-state index in [1.165, 1.54) is 29.1 Å². The van der Waals surface area contributed by atoms with E-state index in [0.29, 0.717) is 23.8 Å². The summed E-state index contributed by atoms with van der Waals surface area (Å²) in [6, 6.07) is 21.8. The van der Waals surface area contributed by atoms with Crippen molar-refractivity contribution in [2.45, 2.75) is 27.5 Å². The molecule has 0 saturated heterocycles. The Morgan fingerprint density at radius 1 is 1.00 bits per heavy atom. The number of para-hydroxylation sites is 1. The minimum Gasteiger partial charge on any atom is -0.463 e. The van der Waals surface area contributed by atoms with Crippen molar-refractivity contribution in [1.82, 2.24) is 19.7 Å². The van der Waals surface area contributed by atoms with Crippen molar-refractivity contribution in [1.29, 1.82) is 0 Å². The van der Waals surface area contributed by atoms with Gasteiger partial charge in [0.1, 0.15) is 11.6 Å². The molecule has 7 nitrogen and oxygen atoms in total. The van der Waals surface area contributed by atoms with Crippen LogP contribution in [0, 0.1) is 0 Å². The van der Waals surface area contributed by atoms with Gasteiger partial charge >= 0.3 is 5.97 Å². The molecule has 2 aromatic carbocycles. The van der Waals surface area contributed by atoms with Crippen molar-refractivity contribution < 1.29 is 13.9 Å². The Morgan fingerprint density at radius 3 is 2.65 bits per heavy atom. The number of benzene rings is 2. The third-order valence-electron chi connectivity index (χ3n) is 4.97. The molecule has 0 unspecified atom stereocenters. The Hall–Kier alpha value is -3.08. The maximum Gasteiger partial charge on any atom is 0.373 e. The van der Waals surface area contributed by atoms with Crippen LogP contribution in [0.15, 0.2) is 80.6 Å². The lowest BCUT2D eigenvalue weighted by molar-refractivity contribution is 0.0563. The topological polar surface area (TPSA) is 83.0 Å². The fourth-order valence-electron chi connectivity index (χ4n) is 3.30. The SMILES string of the molecule is COC(=O)c1ccc(CSc2nnc(CSc3nc4ccccc4s3)n2Cc2ccccc2)o1. The van der Waals surface area contributed by atoms with Crippen LogP contribution >= 0.6 is 34.9 Å². The number of rotatable bonds is 9. The van der Waals surface area contributed by atoms with Gasteiger partial charge in [0.15, 0.2) is 9.50 Å². The van der Waals surface area contributed by atoms with E-state index in [1.54, 1.807) is 35.2 Å². The first-order valence-corrected chi connectivity index (χ1v) is 13.2. The van der Waals surface area contributed by atoms with E-state index >= 15 is 0 Å². The van der Waals surface area contributed by atoms with Gasteiger partial charge in [-0.1, -0.05) is 66.0 Å². The van der Waals surface area contributed by atoms with Crippen molar-refractivity contribution >= 4 is 51.0 Å². The Morgan fingerprint density at radius 2 is 1.82 bits per heavy atom. The summed E-state index contributed by atoms with van der Waals surface area (Å²) in [4.78, 5) is 16.4. The molecule has 5 rings (SSSR count). The summed E-state index contributed by atoms with van der Waals surface area (Å²) in [6.45, 7) is 0.664. The number of thioether (sulfide) groups is 2. The van der Waals surface area contributed by atoms with Gasteiger partial charge in [-0.3, -0.25) is 0 Å². The number of ether oxygens (including phenoxy) is 1. The van der Waals surface area contributed by atoms with Gasteiger partial charge in [-0.25, -0.2) is 9.78 Å². The zero-order valence-corrected chi connectivity index (χ0v) is 20.7. The molecule has 5 aromatic rings. The number of carbonyl (C=O) groups is 1. The molecule has 0 atom stereocenters. The number of methoxy groups -OCH3 is 1. The maximum atomic E-state index is 11.7. The molecular weight excluding hydrogens is 488 g/mol. The summed E-state index contributed by atoms with van der Waals surface area (Å²) in [5, 5.41) is 9.73. The van der Waals surface area contributed by atoms with E-state index in [4.69, 9.17) is 14.1 Å². The second-order valence-corrected chi connectivity index (χ2v) is 10.4. The Labute approximate surface area is 208 Å². The molecular formula is C24H20N4O3S3. The molecule has 0 bridgehead atoms. The Kier molecular flexibility index (Phi) is 6.98. The van der Waals surface area contributed by atoms with E-state index < -0.39 is 5.97 Å². The molecule has 0 aliphatic carbocycles. The molecule has 3 aromatic heterocycles. The number of furan rings is 1. The molecule has 0 N–H and O–H groups in total. The third-order valence-corrected chi connectivity index (χ3v) is 8.13. The Balaban J connectivity index is 1.34. The lowest BCUT2D eigenvalue weighted by Crippen LogP contribution is -2.06. The molecule has 34 heavy (non-hydrogen) atoms. The number of aromatic nitrogens is 4. The molecule has 0 spiro atoms. The Bertz CT molecular complexity index is 1380. The first kappa shape index (κ1) is 22.7. The predicted molar refractivity (Wildman–Crippen MR) is 134 cm³/mol. The second-order valence-electron chi connectivity index (χ2n) is 7.25. The van der Waals surface area contributed by atoms with Crippen LogP contribution in [0.1, 0.15) is 27.7 Å². The smallest absolute Gasteiger partial charge is 0.373 e. The van der Waals surface area contributed by atoms with E-state index in [0.717, 1.165) is 20.8 Å². The van der Waals surface area contributed by atoms with Gasteiger partial charge in [0, 0.05) is 0 Å². The number of hydrogen-bond acceptors (Lipinski definition) is 9. The minimum atomic E-state index is -0.488. The molecule has 0 fully saturated rings. The molecule has 0 aliphatic heterocycles. The van der Waals surface area contributed by atoms with Crippen LogP contribution in [-0.4, -0.2) is 32.8 Å². The third kappa shape index (κ3) is 5.19. The van der Waals surface area contributed by atoms with Gasteiger partial charge in [0.25, 0.3) is 0 Å². The van der Waals surface area contributed by atoms with Gasteiger partial charge in [-0.05, 0) is 29.8 Å². The molecule has 0 radical (unpaired) electrons. The highest BCUT2D eigenvalue weighted by Gasteiger charge is 2.17. The lowest BCUT2D eigenvalue weighted by atomic mass is 10.2. The van der Waals surface area contributed by atoms with Crippen LogP contribution in [0.3, 0.4) is 0 Å². The van der Waals surface area contributed by atoms with Crippen LogP contribution in [0.25, 0.3) is 10.2 Å². The highest BCUT2D eigenvalue weighted by molar-refractivity contribution is 8.00. The maximum absolute atomic E-state index is 11.7. The lowest BCUT2D eigenvalue weighted by Gasteiger charge is -2.09. The van der Waals surface area contributed by atoms with E-state index in [-0.39, 0.29) is 5.76 Å². The highest BCUT2D eigenvalue weighted by atomic mass is 32.2. The second kappa shape index (κ2) is 10.5. The summed E-state index contributed by atoms with van der Waals surface area (Å²) in [7, 11) is 1.33. The first-order chi connectivity index (χ1) is 16.7. The summed E-state index contributed by atoms with van der Waals surface area (Å²) in [6.07, 6.45) is 0.